The van der Waals surface area contributed by atoms with Crippen molar-refractivity contribution in [1.29, 1.82) is 0 Å². The fraction of sp³-hybridized carbons (Fsp3) is 0.727. The normalized spacial score (nSPS) is 20.9. The minimum absolute atomic E-state index is 0.635. The van der Waals surface area contributed by atoms with Crippen LogP contribution < -0.4 is 5.73 Å². The molecule has 3 heteroatoms. The van der Waals surface area contributed by atoms with Crippen LogP contribution in [0.3, 0.4) is 0 Å². The van der Waals surface area contributed by atoms with Crippen molar-refractivity contribution in [2.45, 2.75) is 45.1 Å². The molecule has 1 aliphatic rings. The number of aryl methyl sites for hydroxylation is 2. The third kappa shape index (κ3) is 1.82. The van der Waals surface area contributed by atoms with Crippen molar-refractivity contribution in [3.05, 3.63) is 17.7 Å². The van der Waals surface area contributed by atoms with Crippen LogP contribution in [-0.4, -0.2) is 16.1 Å². The summed E-state index contributed by atoms with van der Waals surface area (Å²) in [5.74, 6) is 1.92. The minimum Gasteiger partial charge on any atom is -0.334 e. The lowest BCUT2D eigenvalue weighted by Crippen LogP contribution is -2.12. The van der Waals surface area contributed by atoms with Gasteiger partial charge in [-0.25, -0.2) is 4.98 Å². The Labute approximate surface area is 85.3 Å². The molecule has 2 rings (SSSR count). The molecule has 0 bridgehead atoms. The first-order valence-corrected chi connectivity index (χ1v) is 5.57. The molecule has 1 unspecified atom stereocenters. The van der Waals surface area contributed by atoms with Crippen LogP contribution in [0.4, 0.5) is 0 Å². The molecule has 1 atom stereocenters. The standard InChI is InChI=1S/C11H19N3/c1-9-4-3-7-14-8-10(5-2-6-12)13-11(9)14/h8-9H,2-7,12H2,1H3. The molecule has 78 valence electrons. The monoisotopic (exact) mass is 193 g/mol. The van der Waals surface area contributed by atoms with E-state index in [0.717, 1.165) is 25.9 Å². The molecule has 0 amide bonds. The van der Waals surface area contributed by atoms with Gasteiger partial charge in [0.1, 0.15) is 5.82 Å². The second kappa shape index (κ2) is 4.13. The molecule has 0 spiro atoms. The smallest absolute Gasteiger partial charge is 0.111 e. The average Bonchev–Trinajstić information content (AvgIpc) is 2.59. The summed E-state index contributed by atoms with van der Waals surface area (Å²) >= 11 is 0. The summed E-state index contributed by atoms with van der Waals surface area (Å²) in [6.07, 6.45) is 6.86. The Morgan fingerprint density at radius 3 is 3.21 bits per heavy atom. The summed E-state index contributed by atoms with van der Waals surface area (Å²) < 4.78 is 2.32. The zero-order valence-corrected chi connectivity index (χ0v) is 8.87. The van der Waals surface area contributed by atoms with Gasteiger partial charge in [-0.2, -0.15) is 0 Å². The van der Waals surface area contributed by atoms with Gasteiger partial charge in [0.15, 0.2) is 0 Å². The first kappa shape index (κ1) is 9.71. The molecular formula is C11H19N3. The van der Waals surface area contributed by atoms with Gasteiger partial charge >= 0.3 is 0 Å². The Morgan fingerprint density at radius 2 is 2.50 bits per heavy atom. The molecule has 0 saturated carbocycles. The van der Waals surface area contributed by atoms with Gasteiger partial charge in [-0.3, -0.25) is 0 Å². The average molecular weight is 193 g/mol. The van der Waals surface area contributed by atoms with Gasteiger partial charge in [0.25, 0.3) is 0 Å². The molecule has 14 heavy (non-hydrogen) atoms. The largest absolute Gasteiger partial charge is 0.334 e. The Bertz CT molecular complexity index is 303. The van der Waals surface area contributed by atoms with Gasteiger partial charge < -0.3 is 10.3 Å². The lowest BCUT2D eigenvalue weighted by molar-refractivity contribution is 0.463. The Morgan fingerprint density at radius 1 is 1.64 bits per heavy atom. The van der Waals surface area contributed by atoms with Crippen LogP contribution in [0.15, 0.2) is 6.20 Å². The van der Waals surface area contributed by atoms with Crippen LogP contribution >= 0.6 is 0 Å². The van der Waals surface area contributed by atoms with E-state index in [-0.39, 0.29) is 0 Å². The molecular weight excluding hydrogens is 174 g/mol. The molecule has 3 nitrogen and oxygen atoms in total. The first-order valence-electron chi connectivity index (χ1n) is 5.57. The van der Waals surface area contributed by atoms with E-state index < -0.39 is 0 Å². The topological polar surface area (TPSA) is 43.8 Å². The zero-order valence-electron chi connectivity index (χ0n) is 8.87. The van der Waals surface area contributed by atoms with E-state index in [2.05, 4.69) is 22.7 Å². The number of rotatable bonds is 3. The number of fused-ring (bicyclic) bond motifs is 1. The first-order chi connectivity index (χ1) is 6.81. The van der Waals surface area contributed by atoms with Gasteiger partial charge in [0, 0.05) is 18.7 Å². The van der Waals surface area contributed by atoms with Crippen LogP contribution in [0.1, 0.15) is 43.6 Å². The van der Waals surface area contributed by atoms with E-state index in [9.17, 15) is 0 Å². The lowest BCUT2D eigenvalue weighted by Gasteiger charge is -2.19. The van der Waals surface area contributed by atoms with Crippen LogP contribution in [0, 0.1) is 0 Å². The summed E-state index contributed by atoms with van der Waals surface area (Å²) in [7, 11) is 0. The summed E-state index contributed by atoms with van der Waals surface area (Å²) in [6.45, 7) is 4.18. The predicted molar refractivity (Wildman–Crippen MR) is 57.3 cm³/mol. The molecule has 1 aliphatic heterocycles. The Kier molecular flexibility index (Phi) is 2.87. The highest BCUT2D eigenvalue weighted by atomic mass is 15.1. The zero-order chi connectivity index (χ0) is 9.97. The van der Waals surface area contributed by atoms with Gasteiger partial charge in [0.2, 0.25) is 0 Å². The van der Waals surface area contributed by atoms with E-state index in [1.165, 1.54) is 24.4 Å². The summed E-state index contributed by atoms with van der Waals surface area (Å²) in [6, 6.07) is 0. The third-order valence-electron chi connectivity index (χ3n) is 2.97. The summed E-state index contributed by atoms with van der Waals surface area (Å²) in [5, 5.41) is 0. The lowest BCUT2D eigenvalue weighted by atomic mass is 10.0. The summed E-state index contributed by atoms with van der Waals surface area (Å²) in [5.41, 5.74) is 6.71. The molecule has 2 heterocycles. The second-order valence-corrected chi connectivity index (χ2v) is 4.22. The Balaban J connectivity index is 2.13. The molecule has 2 N–H and O–H groups in total. The maximum absolute atomic E-state index is 5.49. The molecule has 0 radical (unpaired) electrons. The summed E-state index contributed by atoms with van der Waals surface area (Å²) in [4.78, 5) is 4.68. The van der Waals surface area contributed by atoms with Gasteiger partial charge in [0.05, 0.1) is 5.69 Å². The molecule has 0 fully saturated rings. The van der Waals surface area contributed by atoms with Crippen LogP contribution in [0.25, 0.3) is 0 Å². The predicted octanol–water partition coefficient (Wildman–Crippen LogP) is 1.67. The van der Waals surface area contributed by atoms with E-state index in [4.69, 9.17) is 5.73 Å². The van der Waals surface area contributed by atoms with Crippen molar-refractivity contribution in [1.82, 2.24) is 9.55 Å². The van der Waals surface area contributed by atoms with Crippen LogP contribution in [-0.2, 0) is 13.0 Å². The van der Waals surface area contributed by atoms with Crippen molar-refractivity contribution in [3.8, 4) is 0 Å². The minimum atomic E-state index is 0.635. The Hall–Kier alpha value is -0.830. The number of nitrogens with two attached hydrogens (primary N) is 1. The fourth-order valence-corrected chi connectivity index (χ4v) is 2.16. The van der Waals surface area contributed by atoms with Crippen LogP contribution in [0.2, 0.25) is 0 Å². The van der Waals surface area contributed by atoms with Gasteiger partial charge in [-0.05, 0) is 32.2 Å². The maximum Gasteiger partial charge on any atom is 0.111 e. The number of nitrogens with zero attached hydrogens (tertiary/aromatic N) is 2. The molecule has 0 aliphatic carbocycles. The van der Waals surface area contributed by atoms with Crippen molar-refractivity contribution in [2.24, 2.45) is 5.73 Å². The highest BCUT2D eigenvalue weighted by Crippen LogP contribution is 2.25. The maximum atomic E-state index is 5.49. The highest BCUT2D eigenvalue weighted by Gasteiger charge is 2.18. The van der Waals surface area contributed by atoms with Gasteiger partial charge in [-0.15, -0.1) is 0 Å². The number of hydrogen-bond acceptors (Lipinski definition) is 2. The SMILES string of the molecule is CC1CCCn2cc(CCCN)nc21. The van der Waals surface area contributed by atoms with Crippen molar-refractivity contribution < 1.29 is 0 Å². The van der Waals surface area contributed by atoms with E-state index in [1.807, 2.05) is 0 Å². The van der Waals surface area contributed by atoms with Crippen LogP contribution in [0.5, 0.6) is 0 Å². The van der Waals surface area contributed by atoms with Crippen molar-refractivity contribution in [2.75, 3.05) is 6.54 Å². The molecule has 0 aromatic carbocycles. The molecule has 1 aromatic heterocycles. The second-order valence-electron chi connectivity index (χ2n) is 4.22. The van der Waals surface area contributed by atoms with Gasteiger partial charge in [-0.1, -0.05) is 6.92 Å². The van der Waals surface area contributed by atoms with E-state index in [0.29, 0.717) is 5.92 Å². The number of imidazole rings is 1. The molecule has 1 aromatic rings. The number of hydrogen-bond donors (Lipinski definition) is 1. The molecule has 0 saturated heterocycles. The van der Waals surface area contributed by atoms with E-state index >= 15 is 0 Å². The third-order valence-corrected chi connectivity index (χ3v) is 2.97. The van der Waals surface area contributed by atoms with Crippen molar-refractivity contribution in [3.63, 3.8) is 0 Å². The highest BCUT2D eigenvalue weighted by molar-refractivity contribution is 5.09. The fourth-order valence-electron chi connectivity index (χ4n) is 2.16. The number of aromatic nitrogens is 2. The van der Waals surface area contributed by atoms with E-state index in [1.54, 1.807) is 0 Å². The van der Waals surface area contributed by atoms with Crippen molar-refractivity contribution >= 4 is 0 Å². The quantitative estimate of drug-likeness (QED) is 0.793.